The molecule has 2 aliphatic heterocycles. The molecule has 0 aromatic heterocycles. The average molecular weight is 625 g/mol. The minimum absolute atomic E-state index is 0.0132. The van der Waals surface area contributed by atoms with Gasteiger partial charge in [0, 0.05) is 29.1 Å². The lowest BCUT2D eigenvalue weighted by Crippen LogP contribution is -2.49. The monoisotopic (exact) mass is 624 g/mol. The van der Waals surface area contributed by atoms with Crippen LogP contribution >= 0.6 is 11.6 Å². The molecule has 2 aliphatic carbocycles. The van der Waals surface area contributed by atoms with E-state index in [2.05, 4.69) is 34.5 Å². The first-order valence-corrected chi connectivity index (χ1v) is 18.0. The molecule has 6 nitrogen and oxygen atoms in total. The molecule has 1 unspecified atom stereocenters. The predicted octanol–water partition coefficient (Wildman–Crippen LogP) is 6.18. The highest BCUT2D eigenvalue weighted by atomic mass is 35.5. The number of amides is 1. The second kappa shape index (κ2) is 11.8. The third-order valence-corrected chi connectivity index (χ3v) is 13.1. The highest BCUT2D eigenvalue weighted by Crippen LogP contribution is 2.46. The fourth-order valence-corrected chi connectivity index (χ4v) is 10.8. The van der Waals surface area contributed by atoms with Crippen molar-refractivity contribution in [2.75, 3.05) is 24.6 Å². The van der Waals surface area contributed by atoms with Gasteiger partial charge in [-0.25, -0.2) is 4.21 Å². The third-order valence-electron chi connectivity index (χ3n) is 10.4. The van der Waals surface area contributed by atoms with Crippen molar-refractivity contribution >= 4 is 38.8 Å². The number of fused-ring (bicyclic) bond motifs is 4. The first kappa shape index (κ1) is 30.5. The zero-order valence-electron chi connectivity index (χ0n) is 25.6. The van der Waals surface area contributed by atoms with Crippen molar-refractivity contribution in [3.05, 3.63) is 70.3 Å². The number of aliphatic hydroxyl groups is 1. The van der Waals surface area contributed by atoms with E-state index in [-0.39, 0.29) is 34.3 Å². The van der Waals surface area contributed by atoms with Crippen LogP contribution in [0.25, 0.3) is 0 Å². The van der Waals surface area contributed by atoms with Gasteiger partial charge in [-0.1, -0.05) is 50.6 Å². The Kier molecular flexibility index (Phi) is 8.38. The Morgan fingerprint density at radius 3 is 2.77 bits per heavy atom. The van der Waals surface area contributed by atoms with Crippen LogP contribution in [-0.4, -0.2) is 52.1 Å². The van der Waals surface area contributed by atoms with Crippen LogP contribution in [0.2, 0.25) is 5.02 Å². The summed E-state index contributed by atoms with van der Waals surface area (Å²) < 4.78 is 23.4. The van der Waals surface area contributed by atoms with Crippen molar-refractivity contribution in [2.45, 2.75) is 76.1 Å². The van der Waals surface area contributed by atoms with Crippen molar-refractivity contribution in [3.8, 4) is 5.75 Å². The molecule has 1 saturated carbocycles. The number of anilines is 1. The maximum Gasteiger partial charge on any atom is 0.262 e. The number of hydrogen-bond donors (Lipinski definition) is 2. The van der Waals surface area contributed by atoms with Crippen LogP contribution in [0.5, 0.6) is 5.75 Å². The highest BCUT2D eigenvalue weighted by molar-refractivity contribution is 7.99. The largest absolute Gasteiger partial charge is 0.490 e. The van der Waals surface area contributed by atoms with Gasteiger partial charge < -0.3 is 14.7 Å². The van der Waals surface area contributed by atoms with Crippen LogP contribution in [0.15, 0.2) is 48.6 Å². The van der Waals surface area contributed by atoms with E-state index in [1.807, 2.05) is 44.2 Å². The van der Waals surface area contributed by atoms with Crippen LogP contribution < -0.4 is 14.4 Å². The highest BCUT2D eigenvalue weighted by Gasteiger charge is 2.44. The van der Waals surface area contributed by atoms with Crippen LogP contribution in [0.1, 0.15) is 74.4 Å². The number of benzene rings is 2. The molecule has 2 aromatic rings. The van der Waals surface area contributed by atoms with Crippen LogP contribution in [0.4, 0.5) is 5.69 Å². The molecule has 0 radical (unpaired) electrons. The molecule has 43 heavy (non-hydrogen) atoms. The van der Waals surface area contributed by atoms with Crippen molar-refractivity contribution in [2.24, 2.45) is 23.7 Å². The Labute approximate surface area is 262 Å². The maximum atomic E-state index is 14.0. The lowest BCUT2D eigenvalue weighted by atomic mass is 9.68. The number of allylic oxidation sites excluding steroid dienone is 1. The summed E-state index contributed by atoms with van der Waals surface area (Å²) in [5, 5.41) is 11.7. The SMILES string of the molecule is C=S1(=O)NC(=O)c2ccc3c(c2)N(C[C@@H]2CC[C@H]2[C@@H](O)/C=C/C[C@@H](C)[C@H]1C(C)C)C[C@@]1(CCCc2cc(Cl)ccc21)CO3. The number of aliphatic hydroxyl groups excluding tert-OH is 1. The van der Waals surface area contributed by atoms with Gasteiger partial charge in [0.2, 0.25) is 0 Å². The molecule has 0 saturated heterocycles. The zero-order chi connectivity index (χ0) is 30.5. The van der Waals surface area contributed by atoms with Gasteiger partial charge in [0.05, 0.1) is 33.4 Å². The number of rotatable bonds is 1. The smallest absolute Gasteiger partial charge is 0.262 e. The van der Waals surface area contributed by atoms with Crippen LogP contribution in [-0.2, 0) is 21.5 Å². The number of aryl methyl sites for hydroxylation is 1. The minimum atomic E-state index is -2.97. The van der Waals surface area contributed by atoms with E-state index in [1.165, 1.54) is 11.1 Å². The Bertz CT molecular complexity index is 1520. The van der Waals surface area contributed by atoms with Crippen LogP contribution in [0.3, 0.4) is 0 Å². The van der Waals surface area contributed by atoms with Crippen LogP contribution in [0, 0.1) is 23.7 Å². The number of nitrogens with zero attached hydrogens (tertiary/aromatic N) is 1. The van der Waals surface area contributed by atoms with E-state index in [9.17, 15) is 14.1 Å². The predicted molar refractivity (Wildman–Crippen MR) is 177 cm³/mol. The van der Waals surface area contributed by atoms with E-state index in [0.717, 1.165) is 61.7 Å². The summed E-state index contributed by atoms with van der Waals surface area (Å²) in [4.78, 5) is 16.1. The summed E-state index contributed by atoms with van der Waals surface area (Å²) in [6, 6.07) is 11.8. The molecule has 6 rings (SSSR count). The van der Waals surface area contributed by atoms with Gasteiger partial charge in [-0.15, -0.1) is 0 Å². The quantitative estimate of drug-likeness (QED) is 0.293. The molecule has 4 aliphatic rings. The average Bonchev–Trinajstić information content (AvgIpc) is 3.07. The molecule has 1 amide bonds. The zero-order valence-corrected chi connectivity index (χ0v) is 27.1. The Balaban J connectivity index is 1.43. The Morgan fingerprint density at radius 2 is 2.02 bits per heavy atom. The van der Waals surface area contributed by atoms with E-state index in [0.29, 0.717) is 24.5 Å². The van der Waals surface area contributed by atoms with Crippen molar-refractivity contribution in [3.63, 3.8) is 0 Å². The third kappa shape index (κ3) is 5.85. The number of carbonyl (C=O) groups excluding carboxylic acids is 1. The number of halogens is 1. The van der Waals surface area contributed by atoms with Gasteiger partial charge in [-0.05, 0) is 110 Å². The van der Waals surface area contributed by atoms with Crippen molar-refractivity contribution in [1.82, 2.24) is 4.72 Å². The molecular formula is C35H45ClN2O4S. The summed E-state index contributed by atoms with van der Waals surface area (Å²) in [7, 11) is -2.97. The van der Waals surface area contributed by atoms with Crippen molar-refractivity contribution in [1.29, 1.82) is 0 Å². The van der Waals surface area contributed by atoms with E-state index >= 15 is 0 Å². The van der Waals surface area contributed by atoms with Gasteiger partial charge in [0.25, 0.3) is 5.91 Å². The van der Waals surface area contributed by atoms with E-state index < -0.39 is 15.8 Å². The fraction of sp³-hybridized carbons (Fsp3) is 0.543. The standard InChI is InChI=1S/C35H45ClN2O4S/c1-22(2)33-23(3)7-5-9-31(39)28-13-10-26(28)19-38-20-35(16-6-8-24-17-27(36)12-14-29(24)35)21-42-32-15-11-25(18-30(32)38)34(40)37-43(33,4)41/h5,9,11-12,14-15,17-18,22-23,26,28,31,33,39H,4,6-8,10,13,16,19-21H2,1-3H3,(H,37,40,41)/b9-5+/t23-,26+,28-,31+,33-,35+,43?/m1/s1. The molecule has 2 heterocycles. The van der Waals surface area contributed by atoms with Gasteiger partial charge in [-0.3, -0.25) is 9.52 Å². The van der Waals surface area contributed by atoms with Gasteiger partial charge in [-0.2, -0.15) is 0 Å². The topological polar surface area (TPSA) is 78.9 Å². The molecular weight excluding hydrogens is 580 g/mol. The van der Waals surface area contributed by atoms with Crippen molar-refractivity contribution < 1.29 is 18.8 Å². The van der Waals surface area contributed by atoms with Gasteiger partial charge in [0.1, 0.15) is 5.75 Å². The summed E-state index contributed by atoms with van der Waals surface area (Å²) in [6.45, 7) is 8.15. The molecule has 1 spiro atoms. The molecule has 1 fully saturated rings. The van der Waals surface area contributed by atoms with E-state index in [1.54, 1.807) is 6.07 Å². The van der Waals surface area contributed by atoms with Gasteiger partial charge >= 0.3 is 0 Å². The second-order valence-corrected chi connectivity index (χ2v) is 16.4. The normalized spacial score (nSPS) is 35.2. The first-order chi connectivity index (χ1) is 20.5. The molecule has 2 N–H and O–H groups in total. The Morgan fingerprint density at radius 1 is 1.21 bits per heavy atom. The molecule has 8 heteroatoms. The summed E-state index contributed by atoms with van der Waals surface area (Å²) >= 11 is 6.41. The fourth-order valence-electron chi connectivity index (χ4n) is 8.27. The second-order valence-electron chi connectivity index (χ2n) is 13.8. The number of nitrogens with one attached hydrogen (secondary N) is 1. The molecule has 7 atom stereocenters. The lowest BCUT2D eigenvalue weighted by Gasteiger charge is -2.45. The molecule has 2 bridgehead atoms. The molecule has 2 aromatic carbocycles. The maximum absolute atomic E-state index is 14.0. The van der Waals surface area contributed by atoms with Gasteiger partial charge in [0.15, 0.2) is 0 Å². The lowest BCUT2D eigenvalue weighted by molar-refractivity contribution is 0.0455. The first-order valence-electron chi connectivity index (χ1n) is 15.8. The number of ether oxygens (including phenoxy) is 1. The minimum Gasteiger partial charge on any atom is -0.490 e. The number of carbonyl (C=O) groups is 1. The molecule has 232 valence electrons. The summed E-state index contributed by atoms with van der Waals surface area (Å²) in [5.41, 5.74) is 3.67. The Hall–Kier alpha value is -2.48. The van der Waals surface area contributed by atoms with E-state index in [4.69, 9.17) is 16.3 Å². The number of hydrogen-bond acceptors (Lipinski definition) is 5. The summed E-state index contributed by atoms with van der Waals surface area (Å²) in [5.74, 6) is 4.98. The summed E-state index contributed by atoms with van der Waals surface area (Å²) in [6.07, 6.45) is 9.18.